The number of hydrogen-bond acceptors (Lipinski definition) is 0. The quantitative estimate of drug-likeness (QED) is 0.475. The van der Waals surface area contributed by atoms with E-state index < -0.39 is 0 Å². The summed E-state index contributed by atoms with van der Waals surface area (Å²) in [5.74, 6) is 0. The van der Waals surface area contributed by atoms with E-state index in [9.17, 15) is 0 Å². The molecule has 0 amide bonds. The normalized spacial score (nSPS) is 23.0. The Morgan fingerprint density at radius 1 is 1.20 bits per heavy atom. The lowest BCUT2D eigenvalue weighted by atomic mass is 9.77. The molecule has 0 radical (unpaired) electrons. The number of hydrogen-bond donors (Lipinski definition) is 0. The molecule has 0 saturated heterocycles. The molecule has 0 aromatic rings. The Labute approximate surface area is 61.9 Å². The van der Waals surface area contributed by atoms with Crippen LogP contribution in [0.3, 0.4) is 0 Å². The summed E-state index contributed by atoms with van der Waals surface area (Å²) in [6, 6.07) is 0. The van der Waals surface area contributed by atoms with Gasteiger partial charge in [0, 0.05) is 0 Å². The maximum absolute atomic E-state index is 2.26. The number of fused-ring (bicyclic) bond motifs is 1. The smallest absolute Gasteiger partial charge is 0.00584 e. The molecule has 0 saturated carbocycles. The van der Waals surface area contributed by atoms with Gasteiger partial charge in [-0.3, -0.25) is 0 Å². The van der Waals surface area contributed by atoms with Crippen LogP contribution in [0.4, 0.5) is 0 Å². The molecule has 2 aliphatic rings. The Hall–Kier alpha value is -0.780. The van der Waals surface area contributed by atoms with E-state index in [1.165, 1.54) is 18.4 Å². The van der Waals surface area contributed by atoms with Crippen molar-refractivity contribution in [3.63, 3.8) is 0 Å². The van der Waals surface area contributed by atoms with Crippen molar-refractivity contribution in [3.8, 4) is 0 Å². The Bertz CT molecular complexity index is 262. The Morgan fingerprint density at radius 2 is 2.00 bits per heavy atom. The summed E-state index contributed by atoms with van der Waals surface area (Å²) in [5, 5.41) is 0. The van der Waals surface area contributed by atoms with Crippen LogP contribution >= 0.6 is 0 Å². The van der Waals surface area contributed by atoms with Crippen LogP contribution in [-0.4, -0.2) is 0 Å². The molecule has 0 fully saturated rings. The minimum absolute atomic E-state index is 1.18. The van der Waals surface area contributed by atoms with E-state index in [4.69, 9.17) is 0 Å². The molecule has 0 nitrogen and oxygen atoms in total. The van der Waals surface area contributed by atoms with Gasteiger partial charge >= 0.3 is 0 Å². The fraction of sp³-hybridized carbons (Fsp3) is 0.400. The molecule has 52 valence electrons. The lowest BCUT2D eigenvalue weighted by molar-refractivity contribution is 0.910. The highest BCUT2D eigenvalue weighted by atomic mass is 14.3. The summed E-state index contributed by atoms with van der Waals surface area (Å²) >= 11 is 0. The summed E-state index contributed by atoms with van der Waals surface area (Å²) in [4.78, 5) is 0. The van der Waals surface area contributed by atoms with Crippen LogP contribution in [0.1, 0.15) is 26.7 Å². The van der Waals surface area contributed by atoms with Gasteiger partial charge in [-0.15, -0.1) is 0 Å². The number of rotatable bonds is 0. The fourth-order valence-corrected chi connectivity index (χ4v) is 1.76. The van der Waals surface area contributed by atoms with Gasteiger partial charge < -0.3 is 0 Å². The molecular formula is C10H12. The van der Waals surface area contributed by atoms with E-state index in [0.29, 0.717) is 0 Å². The van der Waals surface area contributed by atoms with Gasteiger partial charge in [0.05, 0.1) is 0 Å². The Kier molecular flexibility index (Phi) is 1.10. The molecular weight excluding hydrogens is 120 g/mol. The Balaban J connectivity index is 2.48. The molecule has 0 bridgehead atoms. The lowest BCUT2D eigenvalue weighted by Crippen LogP contribution is -2.09. The highest BCUT2D eigenvalue weighted by Gasteiger charge is 2.21. The third-order valence-corrected chi connectivity index (χ3v) is 2.49. The summed E-state index contributed by atoms with van der Waals surface area (Å²) in [6.45, 7) is 4.45. The molecule has 0 spiro atoms. The monoisotopic (exact) mass is 132 g/mol. The average molecular weight is 132 g/mol. The predicted octanol–water partition coefficient (Wildman–Crippen LogP) is 2.98. The Morgan fingerprint density at radius 3 is 2.60 bits per heavy atom. The van der Waals surface area contributed by atoms with Crippen molar-refractivity contribution in [1.29, 1.82) is 0 Å². The van der Waals surface area contributed by atoms with E-state index in [-0.39, 0.29) is 0 Å². The third kappa shape index (κ3) is 0.620. The van der Waals surface area contributed by atoms with Crippen LogP contribution in [0.25, 0.3) is 0 Å². The van der Waals surface area contributed by atoms with Crippen LogP contribution in [0.5, 0.6) is 0 Å². The van der Waals surface area contributed by atoms with Gasteiger partial charge in [-0.05, 0) is 43.4 Å². The van der Waals surface area contributed by atoms with Gasteiger partial charge in [0.25, 0.3) is 0 Å². The van der Waals surface area contributed by atoms with Gasteiger partial charge in [-0.1, -0.05) is 17.7 Å². The summed E-state index contributed by atoms with van der Waals surface area (Å²) in [6.07, 6.45) is 6.92. The van der Waals surface area contributed by atoms with Crippen molar-refractivity contribution in [2.45, 2.75) is 26.7 Å². The van der Waals surface area contributed by atoms with Crippen LogP contribution in [-0.2, 0) is 0 Å². The zero-order valence-corrected chi connectivity index (χ0v) is 6.57. The standard InChI is InChI=1S/C10H12/c1-7-4-3-5-9-8(2)6-10(7)9/h3-4H,5-6H2,1-2H3. The van der Waals surface area contributed by atoms with Gasteiger partial charge in [0.2, 0.25) is 0 Å². The minimum atomic E-state index is 1.18. The predicted molar refractivity (Wildman–Crippen MR) is 43.8 cm³/mol. The van der Waals surface area contributed by atoms with Gasteiger partial charge in [0.1, 0.15) is 0 Å². The van der Waals surface area contributed by atoms with Crippen LogP contribution < -0.4 is 0 Å². The van der Waals surface area contributed by atoms with Gasteiger partial charge in [-0.25, -0.2) is 0 Å². The molecule has 0 unspecified atom stereocenters. The molecule has 2 aliphatic carbocycles. The zero-order chi connectivity index (χ0) is 7.14. The molecule has 0 aliphatic heterocycles. The molecule has 2 rings (SSSR count). The molecule has 10 heavy (non-hydrogen) atoms. The first-order valence-electron chi connectivity index (χ1n) is 3.84. The molecule has 0 atom stereocenters. The zero-order valence-electron chi connectivity index (χ0n) is 6.57. The summed E-state index contributed by atoms with van der Waals surface area (Å²) in [7, 11) is 0. The maximum atomic E-state index is 2.26. The largest absolute Gasteiger partial charge is 0.0799 e. The van der Waals surface area contributed by atoms with Crippen LogP contribution in [0.2, 0.25) is 0 Å². The van der Waals surface area contributed by atoms with Gasteiger partial charge in [0.15, 0.2) is 0 Å². The second kappa shape index (κ2) is 1.85. The van der Waals surface area contributed by atoms with Crippen molar-refractivity contribution >= 4 is 0 Å². The van der Waals surface area contributed by atoms with Crippen LogP contribution in [0, 0.1) is 0 Å². The van der Waals surface area contributed by atoms with Gasteiger partial charge in [-0.2, -0.15) is 0 Å². The highest BCUT2D eigenvalue weighted by Crippen LogP contribution is 2.40. The second-order valence-electron chi connectivity index (χ2n) is 3.20. The van der Waals surface area contributed by atoms with E-state index >= 15 is 0 Å². The summed E-state index contributed by atoms with van der Waals surface area (Å²) < 4.78 is 0. The molecule has 0 heterocycles. The minimum Gasteiger partial charge on any atom is -0.0799 e. The van der Waals surface area contributed by atoms with E-state index in [1.807, 2.05) is 0 Å². The van der Waals surface area contributed by atoms with E-state index in [1.54, 1.807) is 16.7 Å². The van der Waals surface area contributed by atoms with Crippen molar-refractivity contribution < 1.29 is 0 Å². The van der Waals surface area contributed by atoms with Crippen LogP contribution in [0.15, 0.2) is 34.4 Å². The van der Waals surface area contributed by atoms with Crippen molar-refractivity contribution in [3.05, 3.63) is 34.4 Å². The first-order chi connectivity index (χ1) is 4.79. The van der Waals surface area contributed by atoms with Crippen molar-refractivity contribution in [1.82, 2.24) is 0 Å². The topological polar surface area (TPSA) is 0 Å². The summed E-state index contributed by atoms with van der Waals surface area (Å²) in [5.41, 5.74) is 6.30. The molecule has 0 aromatic heterocycles. The SMILES string of the molecule is CC1=C2CC(C)=C2CC=C1. The fourth-order valence-electron chi connectivity index (χ4n) is 1.76. The first kappa shape index (κ1) is 5.96. The maximum Gasteiger partial charge on any atom is -0.00584 e. The first-order valence-corrected chi connectivity index (χ1v) is 3.84. The second-order valence-corrected chi connectivity index (χ2v) is 3.20. The molecule has 0 heteroatoms. The van der Waals surface area contributed by atoms with E-state index in [2.05, 4.69) is 26.0 Å². The third-order valence-electron chi connectivity index (χ3n) is 2.49. The highest BCUT2D eigenvalue weighted by molar-refractivity contribution is 5.55. The van der Waals surface area contributed by atoms with Crippen molar-refractivity contribution in [2.75, 3.05) is 0 Å². The lowest BCUT2D eigenvalue weighted by Gasteiger charge is -2.28. The average Bonchev–Trinajstić information content (AvgIpc) is 1.91. The van der Waals surface area contributed by atoms with Crippen molar-refractivity contribution in [2.24, 2.45) is 0 Å². The van der Waals surface area contributed by atoms with E-state index in [0.717, 1.165) is 0 Å². The number of allylic oxidation sites excluding steroid dienone is 6. The molecule has 0 N–H and O–H groups in total. The molecule has 0 aromatic carbocycles.